The van der Waals surface area contributed by atoms with Crippen LogP contribution in [0.15, 0.2) is 30.4 Å². The van der Waals surface area contributed by atoms with Gasteiger partial charge in [-0.1, -0.05) is 18.2 Å². The van der Waals surface area contributed by atoms with Crippen LogP contribution >= 0.6 is 0 Å². The molecule has 110 valence electrons. The third-order valence-corrected chi connectivity index (χ3v) is 3.55. The van der Waals surface area contributed by atoms with Crippen LogP contribution in [-0.2, 0) is 0 Å². The third-order valence-electron chi connectivity index (χ3n) is 3.55. The van der Waals surface area contributed by atoms with E-state index in [9.17, 15) is 5.11 Å². The molecule has 1 aliphatic rings. The normalized spacial score (nSPS) is 19.9. The standard InChI is InChI=1S/C17H25NO2/c1-13-8-14(2)10-17(9-13)20-12-16(19)11-18-15-6-4-3-5-7-15/h3-4,8-10,15-16,18-19H,5-7,11-12H2,1-2H3. The van der Waals surface area contributed by atoms with Gasteiger partial charge in [-0.05, 0) is 56.4 Å². The maximum atomic E-state index is 9.97. The van der Waals surface area contributed by atoms with E-state index in [4.69, 9.17) is 4.74 Å². The van der Waals surface area contributed by atoms with Crippen LogP contribution in [0.25, 0.3) is 0 Å². The summed E-state index contributed by atoms with van der Waals surface area (Å²) in [4.78, 5) is 0. The Labute approximate surface area is 121 Å². The van der Waals surface area contributed by atoms with Gasteiger partial charge in [0.25, 0.3) is 0 Å². The molecule has 2 atom stereocenters. The number of rotatable bonds is 6. The molecule has 3 nitrogen and oxygen atoms in total. The van der Waals surface area contributed by atoms with Crippen LogP contribution in [0.3, 0.4) is 0 Å². The predicted molar refractivity (Wildman–Crippen MR) is 82.2 cm³/mol. The first-order valence-corrected chi connectivity index (χ1v) is 7.41. The minimum Gasteiger partial charge on any atom is -0.491 e. The van der Waals surface area contributed by atoms with E-state index >= 15 is 0 Å². The summed E-state index contributed by atoms with van der Waals surface area (Å²) < 4.78 is 5.67. The molecular weight excluding hydrogens is 250 g/mol. The molecule has 1 aliphatic carbocycles. The van der Waals surface area contributed by atoms with E-state index in [0.717, 1.165) is 25.0 Å². The second-order valence-electron chi connectivity index (χ2n) is 5.68. The van der Waals surface area contributed by atoms with Crippen LogP contribution in [0, 0.1) is 13.8 Å². The van der Waals surface area contributed by atoms with Crippen LogP contribution in [-0.4, -0.2) is 30.4 Å². The minimum atomic E-state index is -0.471. The second kappa shape index (κ2) is 7.46. The van der Waals surface area contributed by atoms with Gasteiger partial charge in [0.2, 0.25) is 0 Å². The predicted octanol–water partition coefficient (Wildman–Crippen LogP) is 2.74. The number of benzene rings is 1. The summed E-state index contributed by atoms with van der Waals surface area (Å²) in [5, 5.41) is 13.4. The molecule has 0 aromatic heterocycles. The van der Waals surface area contributed by atoms with Gasteiger partial charge in [0.05, 0.1) is 0 Å². The van der Waals surface area contributed by atoms with Crippen LogP contribution in [0.2, 0.25) is 0 Å². The maximum absolute atomic E-state index is 9.97. The summed E-state index contributed by atoms with van der Waals surface area (Å²) >= 11 is 0. The van der Waals surface area contributed by atoms with Crippen molar-refractivity contribution in [1.82, 2.24) is 5.32 Å². The van der Waals surface area contributed by atoms with E-state index in [2.05, 4.69) is 37.4 Å². The van der Waals surface area contributed by atoms with Crippen molar-refractivity contribution >= 4 is 0 Å². The summed E-state index contributed by atoms with van der Waals surface area (Å²) in [6.45, 7) is 5.02. The molecule has 0 radical (unpaired) electrons. The first kappa shape index (κ1) is 15.1. The van der Waals surface area contributed by atoms with Gasteiger partial charge in [0.1, 0.15) is 18.5 Å². The fourth-order valence-electron chi connectivity index (χ4n) is 2.55. The number of aryl methyl sites for hydroxylation is 2. The van der Waals surface area contributed by atoms with E-state index in [1.54, 1.807) is 0 Å². The van der Waals surface area contributed by atoms with Crippen LogP contribution in [0.1, 0.15) is 30.4 Å². The molecule has 2 unspecified atom stereocenters. The average molecular weight is 275 g/mol. The summed E-state index contributed by atoms with van der Waals surface area (Å²) in [7, 11) is 0. The Morgan fingerprint density at radius 3 is 2.65 bits per heavy atom. The molecule has 0 saturated heterocycles. The van der Waals surface area contributed by atoms with Gasteiger partial charge in [-0.3, -0.25) is 0 Å². The molecule has 0 spiro atoms. The molecule has 2 N–H and O–H groups in total. The quantitative estimate of drug-likeness (QED) is 0.784. The van der Waals surface area contributed by atoms with Crippen molar-refractivity contribution < 1.29 is 9.84 Å². The molecule has 0 fully saturated rings. The zero-order chi connectivity index (χ0) is 14.4. The summed E-state index contributed by atoms with van der Waals surface area (Å²) in [6, 6.07) is 6.61. The lowest BCUT2D eigenvalue weighted by molar-refractivity contribution is 0.103. The molecule has 0 saturated carbocycles. The number of ether oxygens (including phenoxy) is 1. The highest BCUT2D eigenvalue weighted by Gasteiger charge is 2.12. The topological polar surface area (TPSA) is 41.5 Å². The van der Waals surface area contributed by atoms with Gasteiger partial charge in [0.15, 0.2) is 0 Å². The zero-order valence-electron chi connectivity index (χ0n) is 12.4. The monoisotopic (exact) mass is 275 g/mol. The maximum Gasteiger partial charge on any atom is 0.119 e. The van der Waals surface area contributed by atoms with Crippen LogP contribution in [0.5, 0.6) is 5.75 Å². The molecular formula is C17H25NO2. The SMILES string of the molecule is Cc1cc(C)cc(OCC(O)CNC2CC=CCC2)c1. The number of hydrogen-bond donors (Lipinski definition) is 2. The van der Waals surface area contributed by atoms with Gasteiger partial charge in [-0.15, -0.1) is 0 Å². The molecule has 1 aromatic rings. The Morgan fingerprint density at radius 1 is 1.25 bits per heavy atom. The van der Waals surface area contributed by atoms with E-state index in [-0.39, 0.29) is 0 Å². The van der Waals surface area contributed by atoms with E-state index < -0.39 is 6.10 Å². The molecule has 0 aliphatic heterocycles. The number of aliphatic hydroxyl groups is 1. The number of hydrogen-bond acceptors (Lipinski definition) is 3. The van der Waals surface area contributed by atoms with Crippen molar-refractivity contribution in [3.05, 3.63) is 41.5 Å². The average Bonchev–Trinajstić information content (AvgIpc) is 2.43. The minimum absolute atomic E-state index is 0.332. The number of nitrogens with one attached hydrogen (secondary N) is 1. The van der Waals surface area contributed by atoms with Gasteiger partial charge in [-0.2, -0.15) is 0 Å². The molecule has 0 bridgehead atoms. The smallest absolute Gasteiger partial charge is 0.119 e. The molecule has 20 heavy (non-hydrogen) atoms. The van der Waals surface area contributed by atoms with Gasteiger partial charge < -0.3 is 15.2 Å². The third kappa shape index (κ3) is 4.99. The highest BCUT2D eigenvalue weighted by Crippen LogP contribution is 2.16. The van der Waals surface area contributed by atoms with E-state index in [0.29, 0.717) is 19.2 Å². The van der Waals surface area contributed by atoms with Crippen molar-refractivity contribution in [1.29, 1.82) is 0 Å². The van der Waals surface area contributed by atoms with Crippen molar-refractivity contribution in [3.8, 4) is 5.75 Å². The van der Waals surface area contributed by atoms with Gasteiger partial charge >= 0.3 is 0 Å². The Hall–Kier alpha value is -1.32. The second-order valence-corrected chi connectivity index (χ2v) is 5.68. The summed E-state index contributed by atoms with van der Waals surface area (Å²) in [5.41, 5.74) is 2.36. The number of aliphatic hydroxyl groups excluding tert-OH is 1. The van der Waals surface area contributed by atoms with Crippen molar-refractivity contribution in [3.63, 3.8) is 0 Å². The number of allylic oxidation sites excluding steroid dienone is 1. The largest absolute Gasteiger partial charge is 0.491 e. The highest BCUT2D eigenvalue weighted by atomic mass is 16.5. The molecule has 0 amide bonds. The lowest BCUT2D eigenvalue weighted by Gasteiger charge is -2.21. The molecule has 1 aromatic carbocycles. The Kier molecular flexibility index (Phi) is 5.62. The first-order chi connectivity index (χ1) is 9.63. The van der Waals surface area contributed by atoms with Gasteiger partial charge in [0, 0.05) is 12.6 Å². The van der Waals surface area contributed by atoms with Crippen molar-refractivity contribution in [2.45, 2.75) is 45.3 Å². The van der Waals surface area contributed by atoms with E-state index in [1.165, 1.54) is 11.1 Å². The summed E-state index contributed by atoms with van der Waals surface area (Å²) in [6.07, 6.45) is 7.30. The highest BCUT2D eigenvalue weighted by molar-refractivity contribution is 5.32. The van der Waals surface area contributed by atoms with Crippen molar-refractivity contribution in [2.75, 3.05) is 13.2 Å². The van der Waals surface area contributed by atoms with Gasteiger partial charge in [-0.25, -0.2) is 0 Å². The molecule has 0 heterocycles. The Balaban J connectivity index is 1.71. The first-order valence-electron chi connectivity index (χ1n) is 7.41. The Bertz CT molecular complexity index is 436. The molecule has 2 rings (SSSR count). The molecule has 3 heteroatoms. The fraction of sp³-hybridized carbons (Fsp3) is 0.529. The van der Waals surface area contributed by atoms with Crippen LogP contribution < -0.4 is 10.1 Å². The van der Waals surface area contributed by atoms with E-state index in [1.807, 2.05) is 12.1 Å². The summed E-state index contributed by atoms with van der Waals surface area (Å²) in [5.74, 6) is 0.835. The lowest BCUT2D eigenvalue weighted by Crippen LogP contribution is -2.38. The lowest BCUT2D eigenvalue weighted by atomic mass is 10.0. The van der Waals surface area contributed by atoms with Crippen molar-refractivity contribution in [2.24, 2.45) is 0 Å². The van der Waals surface area contributed by atoms with Crippen LogP contribution in [0.4, 0.5) is 0 Å². The Morgan fingerprint density at radius 2 is 2.00 bits per heavy atom. The zero-order valence-corrected chi connectivity index (χ0v) is 12.4. The fourth-order valence-corrected chi connectivity index (χ4v) is 2.55.